The number of fused-ring (bicyclic) bond motifs is 1. The van der Waals surface area contributed by atoms with Gasteiger partial charge in [0.1, 0.15) is 11.6 Å². The summed E-state index contributed by atoms with van der Waals surface area (Å²) in [4.78, 5) is 29.1. The van der Waals surface area contributed by atoms with Gasteiger partial charge in [-0.15, -0.1) is 0 Å². The number of pyridine rings is 2. The Labute approximate surface area is 258 Å². The summed E-state index contributed by atoms with van der Waals surface area (Å²) in [6, 6.07) is 12.1. The Kier molecular flexibility index (Phi) is 11.4. The quantitative estimate of drug-likeness (QED) is 0.121. The number of aromatic nitrogens is 3. The van der Waals surface area contributed by atoms with Crippen LogP contribution in [0.4, 0.5) is 62.5 Å². The Morgan fingerprint density at radius 2 is 1.49 bits per heavy atom. The highest BCUT2D eigenvalue weighted by molar-refractivity contribution is 5.95. The van der Waals surface area contributed by atoms with Crippen LogP contribution in [-0.4, -0.2) is 62.5 Å². The molecule has 19 heteroatoms. The summed E-state index contributed by atoms with van der Waals surface area (Å²) in [6.45, 7) is 1.76. The first-order chi connectivity index (χ1) is 21.9. The van der Waals surface area contributed by atoms with Crippen LogP contribution >= 0.6 is 0 Å². The number of aromatic amines is 1. The van der Waals surface area contributed by atoms with E-state index in [9.17, 15) is 39.5 Å². The van der Waals surface area contributed by atoms with Crippen LogP contribution in [0, 0.1) is 0 Å². The number of aliphatic carboxylic acids is 2. The number of alkyl halides is 9. The van der Waals surface area contributed by atoms with Gasteiger partial charge < -0.3 is 31.1 Å². The molecule has 3 aromatic heterocycles. The zero-order chi connectivity index (χ0) is 35.0. The van der Waals surface area contributed by atoms with Crippen molar-refractivity contribution in [3.63, 3.8) is 0 Å². The van der Waals surface area contributed by atoms with E-state index in [0.717, 1.165) is 47.9 Å². The Hall–Kier alpha value is -5.33. The Bertz CT molecular complexity index is 1700. The summed E-state index contributed by atoms with van der Waals surface area (Å²) in [7, 11) is 0. The molecular weight excluding hydrogens is 655 g/mol. The number of carbonyl (C=O) groups is 2. The van der Waals surface area contributed by atoms with E-state index in [-0.39, 0.29) is 5.69 Å². The minimum atomic E-state index is -5.08. The molecule has 0 bridgehead atoms. The van der Waals surface area contributed by atoms with Crippen LogP contribution in [0.5, 0.6) is 0 Å². The van der Waals surface area contributed by atoms with Crippen LogP contribution in [0.15, 0.2) is 67.1 Å². The number of anilines is 4. The lowest BCUT2D eigenvalue weighted by atomic mass is 9.99. The fraction of sp³-hybridized carbons (Fsp3) is 0.214. The second kappa shape index (κ2) is 14.8. The van der Waals surface area contributed by atoms with Crippen molar-refractivity contribution in [2.24, 2.45) is 0 Å². The van der Waals surface area contributed by atoms with E-state index in [2.05, 4.69) is 37.0 Å². The maximum Gasteiger partial charge on any atom is 0.490 e. The average molecular weight is 679 g/mol. The SMILES string of the molecule is FC(F)(F)c1cnc(Nc2ccc3[nH]cc(C4=CCNCC4)c3c2)cc1Nc1ccccn1.O=C(O)C(F)(F)F.O=C(O)C(F)(F)F. The highest BCUT2D eigenvalue weighted by atomic mass is 19.4. The summed E-state index contributed by atoms with van der Waals surface area (Å²) >= 11 is 0. The van der Waals surface area contributed by atoms with E-state index in [4.69, 9.17) is 19.8 Å². The van der Waals surface area contributed by atoms with Crippen LogP contribution < -0.4 is 16.0 Å². The van der Waals surface area contributed by atoms with Gasteiger partial charge in [-0.05, 0) is 48.9 Å². The second-order valence-electron chi connectivity index (χ2n) is 9.33. The summed E-state index contributed by atoms with van der Waals surface area (Å²) in [5.41, 5.74) is 3.14. The number of hydrogen-bond acceptors (Lipinski definition) is 7. The minimum absolute atomic E-state index is 0.123. The van der Waals surface area contributed by atoms with Gasteiger partial charge in [-0.2, -0.15) is 39.5 Å². The van der Waals surface area contributed by atoms with Gasteiger partial charge in [-0.25, -0.2) is 19.6 Å². The summed E-state index contributed by atoms with van der Waals surface area (Å²) < 4.78 is 104. The Morgan fingerprint density at radius 3 is 2.02 bits per heavy atom. The molecule has 5 rings (SSSR count). The monoisotopic (exact) mass is 678 g/mol. The van der Waals surface area contributed by atoms with Gasteiger partial charge in [0.05, 0.1) is 11.3 Å². The van der Waals surface area contributed by atoms with E-state index in [1.807, 2.05) is 24.4 Å². The molecule has 1 aliphatic heterocycles. The topological polar surface area (TPSA) is 152 Å². The first-order valence-corrected chi connectivity index (χ1v) is 13.0. The lowest BCUT2D eigenvalue weighted by Gasteiger charge is -2.16. The van der Waals surface area contributed by atoms with Crippen molar-refractivity contribution in [3.8, 4) is 0 Å². The number of H-pyrrole nitrogens is 1. The average Bonchev–Trinajstić information content (AvgIpc) is 3.41. The molecule has 4 heterocycles. The van der Waals surface area contributed by atoms with Crippen molar-refractivity contribution in [2.45, 2.75) is 24.9 Å². The molecule has 0 saturated carbocycles. The zero-order valence-electron chi connectivity index (χ0n) is 23.5. The molecule has 0 spiro atoms. The Morgan fingerprint density at radius 1 is 0.830 bits per heavy atom. The van der Waals surface area contributed by atoms with Crippen LogP contribution in [0.25, 0.3) is 16.5 Å². The standard InChI is InChI=1S/C24H21F3N6.2C2HF3O2/c25-24(26,27)19-14-31-23(12-21(19)33-22-3-1-2-8-29-22)32-16-4-5-20-17(11-16)18(13-30-20)15-6-9-28-10-7-15;2*3-2(4,5)1(6)7/h1-6,8,11-14,28,30H,7,9-10H2,(H2,29,31,32,33);2*(H,6,7). The van der Waals surface area contributed by atoms with Crippen molar-refractivity contribution in [1.29, 1.82) is 0 Å². The van der Waals surface area contributed by atoms with E-state index in [1.165, 1.54) is 17.8 Å². The molecule has 252 valence electrons. The van der Waals surface area contributed by atoms with Gasteiger partial charge >= 0.3 is 30.5 Å². The summed E-state index contributed by atoms with van der Waals surface area (Å²) in [6.07, 6.45) is -7.26. The number of carboxylic acid groups (broad SMARTS) is 2. The van der Waals surface area contributed by atoms with Gasteiger partial charge in [0.25, 0.3) is 0 Å². The smallest absolute Gasteiger partial charge is 0.475 e. The third-order valence-electron chi connectivity index (χ3n) is 5.99. The molecule has 6 N–H and O–H groups in total. The summed E-state index contributed by atoms with van der Waals surface area (Å²) in [5, 5.41) is 24.5. The van der Waals surface area contributed by atoms with Crippen LogP contribution in [-0.2, 0) is 15.8 Å². The van der Waals surface area contributed by atoms with E-state index in [1.54, 1.807) is 18.2 Å². The van der Waals surface area contributed by atoms with Gasteiger partial charge in [-0.1, -0.05) is 12.1 Å². The number of rotatable bonds is 5. The zero-order valence-corrected chi connectivity index (χ0v) is 23.5. The highest BCUT2D eigenvalue weighted by Gasteiger charge is 2.39. The van der Waals surface area contributed by atoms with Crippen molar-refractivity contribution in [1.82, 2.24) is 20.3 Å². The van der Waals surface area contributed by atoms with Crippen LogP contribution in [0.3, 0.4) is 0 Å². The molecule has 0 amide bonds. The van der Waals surface area contributed by atoms with Crippen molar-refractivity contribution >= 4 is 51.4 Å². The maximum absolute atomic E-state index is 13.5. The first-order valence-electron chi connectivity index (χ1n) is 13.0. The minimum Gasteiger partial charge on any atom is -0.475 e. The van der Waals surface area contributed by atoms with Crippen molar-refractivity contribution < 1.29 is 59.3 Å². The molecule has 0 unspecified atom stereocenters. The fourth-order valence-corrected chi connectivity index (χ4v) is 3.91. The molecule has 4 aromatic rings. The van der Waals surface area contributed by atoms with E-state index in [0.29, 0.717) is 11.6 Å². The highest BCUT2D eigenvalue weighted by Crippen LogP contribution is 2.37. The Balaban J connectivity index is 0.000000360. The lowest BCUT2D eigenvalue weighted by molar-refractivity contribution is -0.193. The van der Waals surface area contributed by atoms with Gasteiger partial charge in [0.15, 0.2) is 0 Å². The predicted molar refractivity (Wildman–Crippen MR) is 151 cm³/mol. The molecule has 1 aromatic carbocycles. The molecular formula is C28H23F9N6O4. The van der Waals surface area contributed by atoms with Gasteiger partial charge in [0.2, 0.25) is 0 Å². The van der Waals surface area contributed by atoms with Crippen molar-refractivity contribution in [2.75, 3.05) is 23.7 Å². The van der Waals surface area contributed by atoms with Crippen LogP contribution in [0.2, 0.25) is 0 Å². The van der Waals surface area contributed by atoms with E-state index < -0.39 is 36.0 Å². The van der Waals surface area contributed by atoms with Gasteiger partial charge in [0, 0.05) is 53.4 Å². The molecule has 0 atom stereocenters. The molecule has 0 aliphatic carbocycles. The molecule has 10 nitrogen and oxygen atoms in total. The summed E-state index contributed by atoms with van der Waals surface area (Å²) in [5.74, 6) is -4.91. The third-order valence-corrected chi connectivity index (χ3v) is 5.99. The lowest BCUT2D eigenvalue weighted by Crippen LogP contribution is -2.21. The molecule has 0 fully saturated rings. The van der Waals surface area contributed by atoms with E-state index >= 15 is 0 Å². The van der Waals surface area contributed by atoms with Crippen molar-refractivity contribution in [3.05, 3.63) is 78.3 Å². The number of halogens is 9. The maximum atomic E-state index is 13.5. The van der Waals surface area contributed by atoms with Crippen LogP contribution in [0.1, 0.15) is 17.5 Å². The second-order valence-corrected chi connectivity index (χ2v) is 9.33. The molecule has 0 radical (unpaired) electrons. The number of nitrogens with zero attached hydrogens (tertiary/aromatic N) is 2. The number of nitrogens with one attached hydrogen (secondary N) is 4. The molecule has 0 saturated heterocycles. The normalized spacial score (nSPS) is 13.3. The molecule has 47 heavy (non-hydrogen) atoms. The number of hydrogen-bond donors (Lipinski definition) is 6. The molecule has 1 aliphatic rings. The number of carboxylic acids is 2. The predicted octanol–water partition coefficient (Wildman–Crippen LogP) is 7.11. The number of benzene rings is 1. The third kappa shape index (κ3) is 10.6. The van der Waals surface area contributed by atoms with Gasteiger partial charge in [-0.3, -0.25) is 0 Å². The fourth-order valence-electron chi connectivity index (χ4n) is 3.91. The largest absolute Gasteiger partial charge is 0.490 e. The first kappa shape index (κ1) is 36.1.